The molecule has 0 fully saturated rings. The second kappa shape index (κ2) is 5.82. The first-order valence-corrected chi connectivity index (χ1v) is 5.21. The van der Waals surface area contributed by atoms with Gasteiger partial charge in [0.05, 0.1) is 6.54 Å². The first-order chi connectivity index (χ1) is 7.63. The van der Waals surface area contributed by atoms with E-state index in [1.165, 1.54) is 5.56 Å². The van der Waals surface area contributed by atoms with Gasteiger partial charge in [0.25, 0.3) is 0 Å². The highest BCUT2D eigenvalue weighted by atomic mass is 16.2. The molecule has 0 saturated carbocycles. The quantitative estimate of drug-likeness (QED) is 0.749. The summed E-state index contributed by atoms with van der Waals surface area (Å²) in [4.78, 5) is 11.3. The minimum atomic E-state index is -0.282. The molecular weight excluding hydrogens is 200 g/mol. The molecule has 1 rings (SSSR count). The molecule has 3 heteroatoms. The van der Waals surface area contributed by atoms with Crippen LogP contribution in [0.1, 0.15) is 25.3 Å². The second-order valence-electron chi connectivity index (χ2n) is 3.79. The van der Waals surface area contributed by atoms with Gasteiger partial charge >= 0.3 is 6.03 Å². The highest BCUT2D eigenvalue weighted by molar-refractivity contribution is 5.89. The third-order valence-corrected chi connectivity index (χ3v) is 2.19. The number of benzene rings is 1. The zero-order valence-electron chi connectivity index (χ0n) is 9.58. The molecule has 2 N–H and O–H groups in total. The first-order valence-electron chi connectivity index (χ1n) is 5.21. The standard InChI is InChI=1S/C13H16N2O/c1-4-9-14-13(16)15-12-7-5-11(6-8-12)10(2)3/h1,5-8,10H,9H2,2-3H3,(H2,14,15,16). The van der Waals surface area contributed by atoms with Crippen molar-refractivity contribution in [1.82, 2.24) is 5.32 Å². The maximum absolute atomic E-state index is 11.3. The van der Waals surface area contributed by atoms with Gasteiger partial charge in [-0.05, 0) is 23.6 Å². The molecule has 0 aliphatic rings. The lowest BCUT2D eigenvalue weighted by atomic mass is 10.0. The lowest BCUT2D eigenvalue weighted by molar-refractivity contribution is 0.253. The van der Waals surface area contributed by atoms with Crippen LogP contribution in [-0.4, -0.2) is 12.6 Å². The zero-order chi connectivity index (χ0) is 12.0. The van der Waals surface area contributed by atoms with Crippen LogP contribution in [0.3, 0.4) is 0 Å². The van der Waals surface area contributed by atoms with Crippen molar-refractivity contribution in [3.8, 4) is 12.3 Å². The van der Waals surface area contributed by atoms with E-state index < -0.39 is 0 Å². The molecule has 1 aromatic carbocycles. The number of hydrogen-bond donors (Lipinski definition) is 2. The van der Waals surface area contributed by atoms with E-state index in [0.29, 0.717) is 5.92 Å². The van der Waals surface area contributed by atoms with E-state index in [0.717, 1.165) is 5.69 Å². The Kier molecular flexibility index (Phi) is 4.41. The summed E-state index contributed by atoms with van der Waals surface area (Å²) in [5.41, 5.74) is 2.01. The zero-order valence-corrected chi connectivity index (χ0v) is 9.58. The number of hydrogen-bond acceptors (Lipinski definition) is 1. The van der Waals surface area contributed by atoms with Gasteiger partial charge in [0, 0.05) is 5.69 Å². The van der Waals surface area contributed by atoms with Crippen molar-refractivity contribution in [3.63, 3.8) is 0 Å². The van der Waals surface area contributed by atoms with Gasteiger partial charge in [-0.1, -0.05) is 31.9 Å². The minimum Gasteiger partial charge on any atom is -0.327 e. The second-order valence-corrected chi connectivity index (χ2v) is 3.79. The molecule has 1 aromatic rings. The Hall–Kier alpha value is -1.95. The molecule has 0 unspecified atom stereocenters. The lowest BCUT2D eigenvalue weighted by Crippen LogP contribution is -2.28. The third-order valence-electron chi connectivity index (χ3n) is 2.19. The topological polar surface area (TPSA) is 41.1 Å². The van der Waals surface area contributed by atoms with Crippen molar-refractivity contribution >= 4 is 11.7 Å². The molecule has 2 amide bonds. The van der Waals surface area contributed by atoms with Gasteiger partial charge < -0.3 is 10.6 Å². The van der Waals surface area contributed by atoms with Crippen molar-refractivity contribution in [1.29, 1.82) is 0 Å². The van der Waals surface area contributed by atoms with E-state index in [4.69, 9.17) is 6.42 Å². The maximum atomic E-state index is 11.3. The van der Waals surface area contributed by atoms with Crippen LogP contribution >= 0.6 is 0 Å². The predicted molar refractivity (Wildman–Crippen MR) is 66.4 cm³/mol. The van der Waals surface area contributed by atoms with Crippen molar-refractivity contribution in [2.75, 3.05) is 11.9 Å². The van der Waals surface area contributed by atoms with Crippen LogP contribution in [0, 0.1) is 12.3 Å². The Labute approximate surface area is 96.2 Å². The van der Waals surface area contributed by atoms with E-state index >= 15 is 0 Å². The Bertz CT molecular complexity index is 387. The van der Waals surface area contributed by atoms with Crippen LogP contribution in [0.2, 0.25) is 0 Å². The predicted octanol–water partition coefficient (Wildman–Crippen LogP) is 2.56. The van der Waals surface area contributed by atoms with Gasteiger partial charge in [-0.3, -0.25) is 0 Å². The fourth-order valence-electron chi connectivity index (χ4n) is 1.26. The van der Waals surface area contributed by atoms with Crippen LogP contribution in [0.4, 0.5) is 10.5 Å². The number of anilines is 1. The largest absolute Gasteiger partial charge is 0.327 e. The van der Waals surface area contributed by atoms with Crippen LogP contribution in [-0.2, 0) is 0 Å². The lowest BCUT2D eigenvalue weighted by Gasteiger charge is -2.08. The summed E-state index contributed by atoms with van der Waals surface area (Å²) in [5, 5.41) is 5.23. The molecule has 0 bridgehead atoms. The Morgan fingerprint density at radius 2 is 2.00 bits per heavy atom. The number of terminal acetylenes is 1. The van der Waals surface area contributed by atoms with E-state index in [1.807, 2.05) is 24.3 Å². The number of nitrogens with one attached hydrogen (secondary N) is 2. The van der Waals surface area contributed by atoms with E-state index in [1.54, 1.807) is 0 Å². The van der Waals surface area contributed by atoms with Crippen LogP contribution < -0.4 is 10.6 Å². The van der Waals surface area contributed by atoms with Gasteiger partial charge in [0.2, 0.25) is 0 Å². The normalized spacial score (nSPS) is 9.62. The third kappa shape index (κ3) is 3.66. The molecule has 0 heterocycles. The molecule has 0 atom stereocenters. The average molecular weight is 216 g/mol. The van der Waals surface area contributed by atoms with Crippen molar-refractivity contribution in [2.24, 2.45) is 0 Å². The molecule has 0 radical (unpaired) electrons. The maximum Gasteiger partial charge on any atom is 0.319 e. The summed E-state index contributed by atoms with van der Waals surface area (Å²) in [6, 6.07) is 7.48. The summed E-state index contributed by atoms with van der Waals surface area (Å²) >= 11 is 0. The summed E-state index contributed by atoms with van der Waals surface area (Å²) in [7, 11) is 0. The van der Waals surface area contributed by atoms with Crippen molar-refractivity contribution in [2.45, 2.75) is 19.8 Å². The molecule has 0 saturated heterocycles. The van der Waals surface area contributed by atoms with Crippen LogP contribution in [0.25, 0.3) is 0 Å². The van der Waals surface area contributed by atoms with Gasteiger partial charge in [0.15, 0.2) is 0 Å². The van der Waals surface area contributed by atoms with Crippen LogP contribution in [0.5, 0.6) is 0 Å². The van der Waals surface area contributed by atoms with Gasteiger partial charge in [-0.15, -0.1) is 6.42 Å². The highest BCUT2D eigenvalue weighted by Crippen LogP contribution is 2.16. The molecule has 16 heavy (non-hydrogen) atoms. The van der Waals surface area contributed by atoms with E-state index in [9.17, 15) is 4.79 Å². The van der Waals surface area contributed by atoms with Crippen molar-refractivity contribution in [3.05, 3.63) is 29.8 Å². The molecule has 0 aliphatic carbocycles. The number of urea groups is 1. The first kappa shape index (κ1) is 12.1. The minimum absolute atomic E-state index is 0.232. The highest BCUT2D eigenvalue weighted by Gasteiger charge is 2.01. The SMILES string of the molecule is C#CCNC(=O)Nc1ccc(C(C)C)cc1. The van der Waals surface area contributed by atoms with Crippen molar-refractivity contribution < 1.29 is 4.79 Å². The van der Waals surface area contributed by atoms with Gasteiger partial charge in [-0.25, -0.2) is 4.79 Å². The number of carbonyl (C=O) groups excluding carboxylic acids is 1. The summed E-state index contributed by atoms with van der Waals surface area (Å²) in [5.74, 6) is 2.83. The molecular formula is C13H16N2O. The monoisotopic (exact) mass is 216 g/mol. The van der Waals surface area contributed by atoms with Gasteiger partial charge in [-0.2, -0.15) is 0 Å². The fourth-order valence-corrected chi connectivity index (χ4v) is 1.26. The Morgan fingerprint density at radius 3 is 2.50 bits per heavy atom. The average Bonchev–Trinajstić information content (AvgIpc) is 2.27. The smallest absolute Gasteiger partial charge is 0.319 e. The number of amides is 2. The van der Waals surface area contributed by atoms with Gasteiger partial charge in [0.1, 0.15) is 0 Å². The molecule has 84 valence electrons. The summed E-state index contributed by atoms with van der Waals surface area (Å²) in [6.07, 6.45) is 5.03. The fraction of sp³-hybridized carbons (Fsp3) is 0.308. The molecule has 0 spiro atoms. The molecule has 3 nitrogen and oxygen atoms in total. The number of carbonyl (C=O) groups is 1. The summed E-state index contributed by atoms with van der Waals surface area (Å²) < 4.78 is 0. The molecule has 0 aliphatic heterocycles. The summed E-state index contributed by atoms with van der Waals surface area (Å²) in [6.45, 7) is 4.49. The van der Waals surface area contributed by atoms with E-state index in [2.05, 4.69) is 30.4 Å². The Balaban J connectivity index is 2.55. The Morgan fingerprint density at radius 1 is 1.38 bits per heavy atom. The number of rotatable bonds is 3. The molecule has 0 aromatic heterocycles. The van der Waals surface area contributed by atoms with Crippen LogP contribution in [0.15, 0.2) is 24.3 Å². The van der Waals surface area contributed by atoms with E-state index in [-0.39, 0.29) is 12.6 Å².